The molecule has 0 fully saturated rings. The molecule has 0 bridgehead atoms. The van der Waals surface area contributed by atoms with E-state index < -0.39 is 11.9 Å². The maximum absolute atomic E-state index is 7.94. The van der Waals surface area contributed by atoms with E-state index in [0.717, 1.165) is 0 Å². The molecular weight excluding hydrogens is 168 g/mol. The number of rotatable bonds is 2. The van der Waals surface area contributed by atoms with Crippen LogP contribution in [-0.2, 0) is 0 Å². The van der Waals surface area contributed by atoms with Gasteiger partial charge in [0.2, 0.25) is 0 Å². The van der Waals surface area contributed by atoms with Gasteiger partial charge in [-0.2, -0.15) is 0 Å². The van der Waals surface area contributed by atoms with Crippen molar-refractivity contribution in [2.24, 2.45) is 0 Å². The second-order valence-electron chi connectivity index (χ2n) is 2.26. The summed E-state index contributed by atoms with van der Waals surface area (Å²) in [6, 6.07) is 0. The van der Waals surface area contributed by atoms with Crippen LogP contribution in [0.5, 0.6) is 0 Å². The zero-order chi connectivity index (χ0) is 10.4. The van der Waals surface area contributed by atoms with Gasteiger partial charge in [0.25, 0.3) is 11.9 Å². The molecule has 6 heteroatoms. The molecule has 0 aromatic rings. The van der Waals surface area contributed by atoms with Gasteiger partial charge < -0.3 is 30.6 Å². The van der Waals surface area contributed by atoms with Crippen molar-refractivity contribution in [2.45, 2.75) is 38.6 Å². The van der Waals surface area contributed by atoms with E-state index in [-0.39, 0.29) is 12.8 Å². The molecule has 0 unspecified atom stereocenters. The van der Waals surface area contributed by atoms with Crippen molar-refractivity contribution in [3.8, 4) is 0 Å². The highest BCUT2D eigenvalue weighted by atomic mass is 16.7. The van der Waals surface area contributed by atoms with Crippen LogP contribution >= 0.6 is 0 Å². The van der Waals surface area contributed by atoms with Crippen LogP contribution in [0.25, 0.3) is 0 Å². The van der Waals surface area contributed by atoms with E-state index in [2.05, 4.69) is 0 Å². The Bertz CT molecular complexity index is 85.6. The van der Waals surface area contributed by atoms with Gasteiger partial charge in [0.1, 0.15) is 0 Å². The Morgan fingerprint density at radius 1 is 0.667 bits per heavy atom. The quantitative estimate of drug-likeness (QED) is 0.277. The number of aliphatic hydroxyl groups is 6. The van der Waals surface area contributed by atoms with Gasteiger partial charge in [-0.1, -0.05) is 13.8 Å². The van der Waals surface area contributed by atoms with Crippen molar-refractivity contribution in [1.29, 1.82) is 0 Å². The zero-order valence-corrected chi connectivity index (χ0v) is 7.10. The maximum atomic E-state index is 7.94. The lowest BCUT2D eigenvalue weighted by Crippen LogP contribution is -2.24. The average molecular weight is 184 g/mol. The fourth-order valence-corrected chi connectivity index (χ4v) is 0. The van der Waals surface area contributed by atoms with E-state index >= 15 is 0 Å². The minimum absolute atomic E-state index is 0.0625. The predicted molar refractivity (Wildman–Crippen MR) is 39.4 cm³/mol. The van der Waals surface area contributed by atoms with Crippen LogP contribution in [0.3, 0.4) is 0 Å². The molecule has 0 aromatic heterocycles. The molecule has 0 saturated carbocycles. The highest BCUT2D eigenvalue weighted by Crippen LogP contribution is 1.95. The lowest BCUT2D eigenvalue weighted by molar-refractivity contribution is -0.313. The molecule has 0 radical (unpaired) electrons. The molecular formula is C6H16O6. The van der Waals surface area contributed by atoms with Crippen LogP contribution < -0.4 is 0 Å². The van der Waals surface area contributed by atoms with Gasteiger partial charge in [0.05, 0.1) is 0 Å². The molecule has 0 aliphatic heterocycles. The lowest BCUT2D eigenvalue weighted by atomic mass is 10.4. The SMILES string of the molecule is CCC(O)(O)O.CCC(O)(O)O. The molecule has 0 aromatic carbocycles. The summed E-state index contributed by atoms with van der Waals surface area (Å²) in [5.41, 5.74) is 0. The highest BCUT2D eigenvalue weighted by Gasteiger charge is 2.12. The first kappa shape index (κ1) is 14.3. The summed E-state index contributed by atoms with van der Waals surface area (Å²) in [4.78, 5) is 0. The Morgan fingerprint density at radius 3 is 0.750 bits per heavy atom. The Balaban J connectivity index is 0. The van der Waals surface area contributed by atoms with Crippen molar-refractivity contribution < 1.29 is 30.6 Å². The van der Waals surface area contributed by atoms with E-state index in [1.165, 1.54) is 13.8 Å². The first-order chi connectivity index (χ1) is 5.12. The van der Waals surface area contributed by atoms with E-state index in [4.69, 9.17) is 30.6 Å². The van der Waals surface area contributed by atoms with Crippen LogP contribution in [0, 0.1) is 0 Å². The van der Waals surface area contributed by atoms with Crippen molar-refractivity contribution >= 4 is 0 Å². The van der Waals surface area contributed by atoms with Crippen molar-refractivity contribution in [3.63, 3.8) is 0 Å². The van der Waals surface area contributed by atoms with Gasteiger partial charge in [-0.05, 0) is 0 Å². The van der Waals surface area contributed by atoms with Gasteiger partial charge in [0, 0.05) is 12.8 Å². The predicted octanol–water partition coefficient (Wildman–Crippen LogP) is -1.95. The van der Waals surface area contributed by atoms with E-state index in [1.54, 1.807) is 0 Å². The smallest absolute Gasteiger partial charge is 0.274 e. The molecule has 76 valence electrons. The number of hydrogen-bond donors (Lipinski definition) is 6. The van der Waals surface area contributed by atoms with Crippen molar-refractivity contribution in [1.82, 2.24) is 0 Å². The van der Waals surface area contributed by atoms with Gasteiger partial charge in [-0.15, -0.1) is 0 Å². The third-order valence-corrected chi connectivity index (χ3v) is 0.949. The van der Waals surface area contributed by atoms with Gasteiger partial charge >= 0.3 is 0 Å². The standard InChI is InChI=1S/2C3H8O3/c2*1-2-3(4,5)6/h2*4-6H,2H2,1H3. The topological polar surface area (TPSA) is 121 Å². The molecule has 12 heavy (non-hydrogen) atoms. The van der Waals surface area contributed by atoms with Crippen LogP contribution in [-0.4, -0.2) is 42.6 Å². The Labute approximate surface area is 70.3 Å². The second-order valence-corrected chi connectivity index (χ2v) is 2.26. The van der Waals surface area contributed by atoms with Crippen LogP contribution in [0.4, 0.5) is 0 Å². The fourth-order valence-electron chi connectivity index (χ4n) is 0. The maximum Gasteiger partial charge on any atom is 0.274 e. The normalized spacial score (nSPS) is 12.0. The number of hydrogen-bond acceptors (Lipinski definition) is 6. The molecule has 6 N–H and O–H groups in total. The van der Waals surface area contributed by atoms with Gasteiger partial charge in [0.15, 0.2) is 0 Å². The molecule has 0 heterocycles. The largest absolute Gasteiger partial charge is 0.344 e. The third-order valence-electron chi connectivity index (χ3n) is 0.949. The summed E-state index contributed by atoms with van der Waals surface area (Å²) in [6.45, 7) is 2.92. The zero-order valence-electron chi connectivity index (χ0n) is 7.10. The Kier molecular flexibility index (Phi) is 6.45. The Hall–Kier alpha value is -0.240. The van der Waals surface area contributed by atoms with E-state index in [1.807, 2.05) is 0 Å². The van der Waals surface area contributed by atoms with E-state index in [0.29, 0.717) is 0 Å². The molecule has 0 saturated heterocycles. The summed E-state index contributed by atoms with van der Waals surface area (Å²) in [5.74, 6) is -4.92. The molecule has 0 amide bonds. The van der Waals surface area contributed by atoms with Crippen molar-refractivity contribution in [3.05, 3.63) is 0 Å². The van der Waals surface area contributed by atoms with Crippen LogP contribution in [0.2, 0.25) is 0 Å². The minimum atomic E-state index is -2.46. The molecule has 0 rings (SSSR count). The van der Waals surface area contributed by atoms with Gasteiger partial charge in [-0.3, -0.25) is 0 Å². The highest BCUT2D eigenvalue weighted by molar-refractivity contribution is 4.36. The summed E-state index contributed by atoms with van der Waals surface area (Å²) in [6.07, 6.45) is -0.125. The fraction of sp³-hybridized carbons (Fsp3) is 1.00. The summed E-state index contributed by atoms with van der Waals surface area (Å²) >= 11 is 0. The monoisotopic (exact) mass is 184 g/mol. The molecule has 0 spiro atoms. The first-order valence-electron chi connectivity index (χ1n) is 3.46. The molecule has 0 aliphatic rings. The summed E-state index contributed by atoms with van der Waals surface area (Å²) in [5, 5.41) is 47.6. The first-order valence-corrected chi connectivity index (χ1v) is 3.46. The molecule has 0 atom stereocenters. The molecule has 6 nitrogen and oxygen atoms in total. The van der Waals surface area contributed by atoms with Crippen LogP contribution in [0.1, 0.15) is 26.7 Å². The summed E-state index contributed by atoms with van der Waals surface area (Å²) < 4.78 is 0. The molecule has 0 aliphatic carbocycles. The summed E-state index contributed by atoms with van der Waals surface area (Å²) in [7, 11) is 0. The second kappa shape index (κ2) is 5.41. The van der Waals surface area contributed by atoms with Crippen LogP contribution in [0.15, 0.2) is 0 Å². The minimum Gasteiger partial charge on any atom is -0.344 e. The van der Waals surface area contributed by atoms with Crippen molar-refractivity contribution in [2.75, 3.05) is 0 Å². The third kappa shape index (κ3) is 22.6. The Morgan fingerprint density at radius 2 is 0.750 bits per heavy atom. The lowest BCUT2D eigenvalue weighted by Gasteiger charge is -2.08. The average Bonchev–Trinajstić information content (AvgIpc) is 1.86. The van der Waals surface area contributed by atoms with Gasteiger partial charge in [-0.25, -0.2) is 0 Å². The van der Waals surface area contributed by atoms with E-state index in [9.17, 15) is 0 Å².